The van der Waals surface area contributed by atoms with Gasteiger partial charge in [0.15, 0.2) is 0 Å². The first-order valence-corrected chi connectivity index (χ1v) is 14.3. The highest BCUT2D eigenvalue weighted by atomic mass is 28.3. The monoisotopic (exact) mass is 421 g/mol. The van der Waals surface area contributed by atoms with Gasteiger partial charge in [-0.15, -0.1) is 0 Å². The maximum absolute atomic E-state index is 11.9. The van der Waals surface area contributed by atoms with Crippen LogP contribution in [0.4, 0.5) is 0 Å². The molecule has 1 fully saturated rings. The molecule has 7 nitrogen and oxygen atoms in total. The van der Waals surface area contributed by atoms with Gasteiger partial charge in [0.25, 0.3) is 0 Å². The number of aromatic amines is 1. The fraction of sp³-hybridized carbons (Fsp3) is 0.409. The fourth-order valence-electron chi connectivity index (χ4n) is 3.73. The first-order chi connectivity index (χ1) is 14.4. The molecule has 0 saturated heterocycles. The normalized spacial score (nSPS) is 14.8. The number of hydrogen-bond acceptors (Lipinski definition) is 4. The minimum Gasteiger partial charge on any atom is -0.360 e. The Hall–Kier alpha value is -2.71. The number of ether oxygens (including phenoxy) is 1. The summed E-state index contributed by atoms with van der Waals surface area (Å²) in [5.41, 5.74) is 3.50. The molecule has 0 radical (unpaired) electrons. The van der Waals surface area contributed by atoms with Gasteiger partial charge in [-0.2, -0.15) is 5.10 Å². The molecular formula is C22H27N5O2Si. The molecule has 0 bridgehead atoms. The summed E-state index contributed by atoms with van der Waals surface area (Å²) in [4.78, 5) is 19.7. The van der Waals surface area contributed by atoms with Gasteiger partial charge in [0.1, 0.15) is 23.7 Å². The van der Waals surface area contributed by atoms with Gasteiger partial charge in [0.2, 0.25) is 5.56 Å². The molecule has 30 heavy (non-hydrogen) atoms. The van der Waals surface area contributed by atoms with E-state index in [1.165, 1.54) is 6.07 Å². The van der Waals surface area contributed by atoms with E-state index in [2.05, 4.69) is 52.5 Å². The highest BCUT2D eigenvalue weighted by molar-refractivity contribution is 6.76. The quantitative estimate of drug-likeness (QED) is 0.357. The summed E-state index contributed by atoms with van der Waals surface area (Å²) in [6.07, 6.45) is 4.16. The second-order valence-electron chi connectivity index (χ2n) is 9.37. The van der Waals surface area contributed by atoms with E-state index in [4.69, 9.17) is 9.72 Å². The summed E-state index contributed by atoms with van der Waals surface area (Å²) >= 11 is 0. The van der Waals surface area contributed by atoms with Gasteiger partial charge in [0, 0.05) is 37.7 Å². The predicted molar refractivity (Wildman–Crippen MR) is 121 cm³/mol. The molecule has 8 heteroatoms. The zero-order valence-electron chi connectivity index (χ0n) is 17.7. The summed E-state index contributed by atoms with van der Waals surface area (Å²) in [6, 6.07) is 10.7. The molecule has 3 heterocycles. The van der Waals surface area contributed by atoms with Crippen molar-refractivity contribution >= 4 is 30.1 Å². The van der Waals surface area contributed by atoms with Crippen molar-refractivity contribution < 1.29 is 4.74 Å². The number of fused-ring (bicyclic) bond motifs is 2. The van der Waals surface area contributed by atoms with Crippen molar-refractivity contribution in [1.82, 2.24) is 24.3 Å². The van der Waals surface area contributed by atoms with E-state index < -0.39 is 8.07 Å². The number of nitrogens with zero attached hydrogens (tertiary/aromatic N) is 4. The third kappa shape index (κ3) is 3.72. The lowest BCUT2D eigenvalue weighted by Crippen LogP contribution is -2.22. The Morgan fingerprint density at radius 3 is 2.80 bits per heavy atom. The van der Waals surface area contributed by atoms with Gasteiger partial charge >= 0.3 is 0 Å². The molecule has 0 unspecified atom stereocenters. The molecule has 4 aromatic rings. The third-order valence-corrected chi connectivity index (χ3v) is 7.30. The van der Waals surface area contributed by atoms with E-state index in [-0.39, 0.29) is 5.56 Å². The second-order valence-corrected chi connectivity index (χ2v) is 15.0. The Morgan fingerprint density at radius 1 is 1.20 bits per heavy atom. The molecule has 0 atom stereocenters. The molecule has 0 aliphatic heterocycles. The van der Waals surface area contributed by atoms with Crippen molar-refractivity contribution in [3.05, 3.63) is 52.7 Å². The van der Waals surface area contributed by atoms with E-state index in [0.717, 1.165) is 59.1 Å². The Kier molecular flexibility index (Phi) is 4.63. The second kappa shape index (κ2) is 7.21. The molecule has 5 rings (SSSR count). The van der Waals surface area contributed by atoms with Gasteiger partial charge in [-0.1, -0.05) is 19.6 Å². The zero-order chi connectivity index (χ0) is 20.9. The van der Waals surface area contributed by atoms with Crippen LogP contribution < -0.4 is 5.56 Å². The minimum absolute atomic E-state index is 0.115. The SMILES string of the molecule is C[Si](C)(C)CCOCn1ncc2cc(-n3c(C4CC4)nc4ccc(=O)[nH]c43)ccc21. The van der Waals surface area contributed by atoms with Crippen LogP contribution in [0.25, 0.3) is 27.8 Å². The van der Waals surface area contributed by atoms with Crippen LogP contribution in [0.2, 0.25) is 25.7 Å². The molecule has 0 amide bonds. The topological polar surface area (TPSA) is 77.7 Å². The van der Waals surface area contributed by atoms with Gasteiger partial charge in [-0.05, 0) is 43.2 Å². The molecule has 156 valence electrons. The van der Waals surface area contributed by atoms with Crippen molar-refractivity contribution in [2.24, 2.45) is 0 Å². The number of hydrogen-bond donors (Lipinski definition) is 1. The first kappa shape index (κ1) is 19.3. The van der Waals surface area contributed by atoms with E-state index in [0.29, 0.717) is 12.6 Å². The molecule has 1 aliphatic rings. The van der Waals surface area contributed by atoms with E-state index in [1.54, 1.807) is 6.07 Å². The van der Waals surface area contributed by atoms with Gasteiger partial charge in [-0.3, -0.25) is 9.36 Å². The average Bonchev–Trinajstić information content (AvgIpc) is 3.36. The third-order valence-electron chi connectivity index (χ3n) is 5.60. The average molecular weight is 422 g/mol. The highest BCUT2D eigenvalue weighted by Gasteiger charge is 2.30. The lowest BCUT2D eigenvalue weighted by atomic mass is 10.2. The number of H-pyrrole nitrogens is 1. The molecule has 1 saturated carbocycles. The van der Waals surface area contributed by atoms with E-state index in [1.807, 2.05) is 10.9 Å². The van der Waals surface area contributed by atoms with Crippen molar-refractivity contribution in [2.45, 2.75) is 51.2 Å². The number of benzene rings is 1. The Balaban J connectivity index is 1.47. The van der Waals surface area contributed by atoms with Crippen LogP contribution in [0.15, 0.2) is 41.3 Å². The number of pyridine rings is 1. The van der Waals surface area contributed by atoms with E-state index in [9.17, 15) is 4.79 Å². The van der Waals surface area contributed by atoms with Crippen LogP contribution in [0.5, 0.6) is 0 Å². The Bertz CT molecular complexity index is 1280. The summed E-state index contributed by atoms with van der Waals surface area (Å²) in [7, 11) is -1.10. The van der Waals surface area contributed by atoms with Crippen molar-refractivity contribution in [2.75, 3.05) is 6.61 Å². The number of nitrogens with one attached hydrogen (secondary N) is 1. The van der Waals surface area contributed by atoms with Crippen molar-refractivity contribution in [1.29, 1.82) is 0 Å². The highest BCUT2D eigenvalue weighted by Crippen LogP contribution is 2.41. The number of imidazole rings is 1. The first-order valence-electron chi connectivity index (χ1n) is 10.5. The summed E-state index contributed by atoms with van der Waals surface area (Å²) in [5.74, 6) is 1.48. The largest absolute Gasteiger partial charge is 0.360 e. The standard InChI is InChI=1S/C22H27N5O2Si/c1-30(2,3)11-10-29-14-26-19-8-6-17(12-16(19)13-23-26)27-21(15-4-5-15)24-18-7-9-20(28)25-22(18)27/h6-9,12-13,15H,4-5,10-11,14H2,1-3H3,(H,25,28). The van der Waals surface area contributed by atoms with Crippen LogP contribution in [0, 0.1) is 0 Å². The molecule has 1 N–H and O–H groups in total. The molecular weight excluding hydrogens is 394 g/mol. The molecule has 1 aliphatic carbocycles. The van der Waals surface area contributed by atoms with Gasteiger partial charge < -0.3 is 9.72 Å². The van der Waals surface area contributed by atoms with Crippen LogP contribution >= 0.6 is 0 Å². The molecule has 1 aromatic carbocycles. The summed E-state index contributed by atoms with van der Waals surface area (Å²) in [5, 5.41) is 5.56. The van der Waals surface area contributed by atoms with Gasteiger partial charge in [-0.25, -0.2) is 9.67 Å². The van der Waals surface area contributed by atoms with E-state index >= 15 is 0 Å². The Morgan fingerprint density at radius 2 is 2.03 bits per heavy atom. The maximum Gasteiger partial charge on any atom is 0.249 e. The number of aromatic nitrogens is 5. The molecule has 3 aromatic heterocycles. The smallest absolute Gasteiger partial charge is 0.249 e. The van der Waals surface area contributed by atoms with Crippen molar-refractivity contribution in [3.8, 4) is 5.69 Å². The summed E-state index contributed by atoms with van der Waals surface area (Å²) in [6.45, 7) is 8.29. The van der Waals surface area contributed by atoms with Crippen LogP contribution in [0.3, 0.4) is 0 Å². The lowest BCUT2D eigenvalue weighted by molar-refractivity contribution is 0.0817. The summed E-state index contributed by atoms with van der Waals surface area (Å²) < 4.78 is 9.87. The predicted octanol–water partition coefficient (Wildman–Crippen LogP) is 4.25. The van der Waals surface area contributed by atoms with Crippen molar-refractivity contribution in [3.63, 3.8) is 0 Å². The maximum atomic E-state index is 11.9. The number of rotatable bonds is 7. The minimum atomic E-state index is -1.10. The van der Waals surface area contributed by atoms with Crippen LogP contribution in [0.1, 0.15) is 24.6 Å². The lowest BCUT2D eigenvalue weighted by Gasteiger charge is -2.15. The molecule has 0 spiro atoms. The van der Waals surface area contributed by atoms with Crippen LogP contribution in [-0.4, -0.2) is 39.0 Å². The van der Waals surface area contributed by atoms with Crippen LogP contribution in [-0.2, 0) is 11.5 Å². The van der Waals surface area contributed by atoms with Gasteiger partial charge in [0.05, 0.1) is 11.7 Å². The zero-order valence-corrected chi connectivity index (χ0v) is 18.7. The Labute approximate surface area is 175 Å². The fourth-order valence-corrected chi connectivity index (χ4v) is 4.48.